The molecule has 228 valence electrons. The third-order valence-electron chi connectivity index (χ3n) is 9.59. The quantitative estimate of drug-likeness (QED) is 0.272. The van der Waals surface area contributed by atoms with Gasteiger partial charge in [-0.05, 0) is 49.6 Å². The lowest BCUT2D eigenvalue weighted by Gasteiger charge is -2.33. The van der Waals surface area contributed by atoms with Crippen molar-refractivity contribution in [3.63, 3.8) is 0 Å². The molecule has 3 aliphatic rings. The molecule has 1 saturated carbocycles. The highest BCUT2D eigenvalue weighted by Gasteiger charge is 2.54. The summed E-state index contributed by atoms with van der Waals surface area (Å²) in [7, 11) is 2.28. The molecule has 1 aliphatic heterocycles. The van der Waals surface area contributed by atoms with Crippen molar-refractivity contribution < 1.29 is 19.0 Å². The number of carbonyl (C=O) groups is 1. The maximum absolute atomic E-state index is 13.5. The summed E-state index contributed by atoms with van der Waals surface area (Å²) in [6.45, 7) is 15.5. The number of benzene rings is 1. The normalized spacial score (nSPS) is 23.0. The Morgan fingerprint density at radius 2 is 2.05 bits per heavy atom. The van der Waals surface area contributed by atoms with Gasteiger partial charge in [0.2, 0.25) is 5.91 Å². The van der Waals surface area contributed by atoms with E-state index in [0.29, 0.717) is 42.7 Å². The Kier molecular flexibility index (Phi) is 7.74. The van der Waals surface area contributed by atoms with Gasteiger partial charge >= 0.3 is 0 Å². The standard InChI is InChI=1S/C31H46N6O4Si/c1-20(36-8-10-40-11-9-36)30(38)35(3)25-15-23-24(16-27(25)39-4)33-29(32-23)28-22-14-21-17-31(21,2)18-26(22)37(34-28)19-41-12-13-42(5,6)7/h15-16,20-21H,8-14,17-19H2,1-7H3,(H,32,33)/t20-,21+,31+/m0/s1. The van der Waals surface area contributed by atoms with E-state index in [4.69, 9.17) is 24.3 Å². The lowest BCUT2D eigenvalue weighted by atomic mass is 9.87. The van der Waals surface area contributed by atoms with E-state index in [2.05, 4.69) is 41.1 Å². The number of fused-ring (bicyclic) bond motifs is 3. The number of aromatic amines is 1. The number of likely N-dealkylation sites (N-methyl/N-ethyl adjacent to an activating group) is 1. The van der Waals surface area contributed by atoms with Crippen molar-refractivity contribution in [3.05, 3.63) is 23.4 Å². The van der Waals surface area contributed by atoms with Gasteiger partial charge in [0.1, 0.15) is 18.2 Å². The fourth-order valence-electron chi connectivity index (χ4n) is 6.52. The summed E-state index contributed by atoms with van der Waals surface area (Å²) in [5.74, 6) is 2.10. The van der Waals surface area contributed by atoms with Crippen LogP contribution in [-0.2, 0) is 33.8 Å². The molecule has 0 bridgehead atoms. The fourth-order valence-corrected chi connectivity index (χ4v) is 7.28. The summed E-state index contributed by atoms with van der Waals surface area (Å²) in [5, 5.41) is 5.08. The molecule has 2 fully saturated rings. The zero-order valence-corrected chi connectivity index (χ0v) is 27.2. The molecule has 1 N–H and O–H groups in total. The van der Waals surface area contributed by atoms with Crippen molar-refractivity contribution in [3.8, 4) is 17.3 Å². The predicted molar refractivity (Wildman–Crippen MR) is 167 cm³/mol. The molecule has 3 atom stereocenters. The third-order valence-corrected chi connectivity index (χ3v) is 11.3. The topological polar surface area (TPSA) is 97.7 Å². The SMILES string of the molecule is COc1cc2[nH]c(-c3nn(COCC[Si](C)(C)C)c4c3C[C@@H]3C[C@]3(C)C4)nc2cc1N(C)C(=O)[C@H](C)N1CCOCC1. The minimum atomic E-state index is -1.16. The molecule has 0 spiro atoms. The van der Waals surface area contributed by atoms with Crippen molar-refractivity contribution in [1.82, 2.24) is 24.6 Å². The number of rotatable bonds is 10. The van der Waals surface area contributed by atoms with Gasteiger partial charge in [-0.1, -0.05) is 26.6 Å². The van der Waals surface area contributed by atoms with Crippen LogP contribution in [-0.4, -0.2) is 91.7 Å². The Hall–Kier alpha value is -2.73. The van der Waals surface area contributed by atoms with E-state index in [1.165, 1.54) is 17.7 Å². The van der Waals surface area contributed by atoms with Gasteiger partial charge in [-0.25, -0.2) is 9.67 Å². The number of nitrogens with one attached hydrogen (secondary N) is 1. The Labute approximate surface area is 249 Å². The smallest absolute Gasteiger partial charge is 0.243 e. The molecular weight excluding hydrogens is 548 g/mol. The molecule has 1 amide bonds. The molecule has 42 heavy (non-hydrogen) atoms. The van der Waals surface area contributed by atoms with Crippen LogP contribution in [0.1, 0.15) is 31.5 Å². The highest BCUT2D eigenvalue weighted by atomic mass is 28.3. The van der Waals surface area contributed by atoms with Crippen LogP contribution in [0, 0.1) is 11.3 Å². The Morgan fingerprint density at radius 3 is 2.76 bits per heavy atom. The first kappa shape index (κ1) is 29.3. The molecule has 0 unspecified atom stereocenters. The summed E-state index contributed by atoms with van der Waals surface area (Å²) in [6, 6.07) is 4.76. The van der Waals surface area contributed by atoms with Gasteiger partial charge in [0.25, 0.3) is 0 Å². The number of carbonyl (C=O) groups excluding carboxylic acids is 1. The zero-order chi connectivity index (χ0) is 29.8. The van der Waals surface area contributed by atoms with Gasteiger partial charge in [0.15, 0.2) is 5.82 Å². The molecule has 11 heteroatoms. The van der Waals surface area contributed by atoms with Gasteiger partial charge < -0.3 is 24.1 Å². The molecule has 1 saturated heterocycles. The third kappa shape index (κ3) is 5.63. The second kappa shape index (κ2) is 11.1. The van der Waals surface area contributed by atoms with Crippen LogP contribution in [0.3, 0.4) is 0 Å². The van der Waals surface area contributed by atoms with Gasteiger partial charge in [-0.3, -0.25) is 9.69 Å². The van der Waals surface area contributed by atoms with Crippen molar-refractivity contribution in [2.45, 2.75) is 71.6 Å². The number of hydrogen-bond donors (Lipinski definition) is 1. The summed E-state index contributed by atoms with van der Waals surface area (Å²) < 4.78 is 19.5. The van der Waals surface area contributed by atoms with Crippen LogP contribution in [0.4, 0.5) is 5.69 Å². The highest BCUT2D eigenvalue weighted by molar-refractivity contribution is 6.76. The monoisotopic (exact) mass is 594 g/mol. The predicted octanol–water partition coefficient (Wildman–Crippen LogP) is 4.56. The van der Waals surface area contributed by atoms with E-state index in [0.717, 1.165) is 61.1 Å². The molecule has 2 aromatic heterocycles. The van der Waals surface area contributed by atoms with Crippen LogP contribution in [0.5, 0.6) is 5.75 Å². The molecule has 0 radical (unpaired) electrons. The van der Waals surface area contributed by atoms with Crippen LogP contribution in [0.15, 0.2) is 12.1 Å². The van der Waals surface area contributed by atoms with Crippen molar-refractivity contribution >= 4 is 30.7 Å². The maximum atomic E-state index is 13.5. The second-order valence-corrected chi connectivity index (χ2v) is 19.5. The lowest BCUT2D eigenvalue weighted by Crippen LogP contribution is -2.50. The molecule has 1 aromatic carbocycles. The lowest BCUT2D eigenvalue weighted by molar-refractivity contribution is -0.124. The first-order chi connectivity index (χ1) is 20.0. The van der Waals surface area contributed by atoms with Gasteiger partial charge in [-0.2, -0.15) is 5.10 Å². The van der Waals surface area contributed by atoms with Crippen LogP contribution >= 0.6 is 0 Å². The Balaban J connectivity index is 1.29. The number of anilines is 1. The second-order valence-electron chi connectivity index (χ2n) is 13.9. The number of morpholine rings is 1. The highest BCUT2D eigenvalue weighted by Crippen LogP contribution is 2.60. The number of hydrogen-bond acceptors (Lipinski definition) is 7. The molecule has 3 aromatic rings. The van der Waals surface area contributed by atoms with E-state index in [1.807, 2.05) is 26.1 Å². The number of amides is 1. The number of ether oxygens (including phenoxy) is 3. The summed E-state index contributed by atoms with van der Waals surface area (Å²) in [4.78, 5) is 25.9. The van der Waals surface area contributed by atoms with Gasteiger partial charge in [-0.15, -0.1) is 0 Å². The summed E-state index contributed by atoms with van der Waals surface area (Å²) in [6.07, 6.45) is 3.32. The first-order valence-electron chi connectivity index (χ1n) is 15.3. The van der Waals surface area contributed by atoms with Crippen LogP contribution < -0.4 is 9.64 Å². The van der Waals surface area contributed by atoms with E-state index in [9.17, 15) is 4.79 Å². The number of methoxy groups -OCH3 is 1. The molecule has 6 rings (SSSR count). The minimum absolute atomic E-state index is 0.0136. The molecule has 3 heterocycles. The number of nitrogens with zero attached hydrogens (tertiary/aromatic N) is 5. The van der Waals surface area contributed by atoms with E-state index >= 15 is 0 Å². The van der Waals surface area contributed by atoms with Crippen LogP contribution in [0.25, 0.3) is 22.6 Å². The first-order valence-corrected chi connectivity index (χ1v) is 19.0. The van der Waals surface area contributed by atoms with Crippen molar-refractivity contribution in [2.75, 3.05) is 52.0 Å². The largest absolute Gasteiger partial charge is 0.494 e. The molecular formula is C31H46N6O4Si. The van der Waals surface area contributed by atoms with Crippen molar-refractivity contribution in [2.24, 2.45) is 11.3 Å². The van der Waals surface area contributed by atoms with Gasteiger partial charge in [0, 0.05) is 52.1 Å². The van der Waals surface area contributed by atoms with Gasteiger partial charge in [0.05, 0.1) is 43.1 Å². The van der Waals surface area contributed by atoms with E-state index in [-0.39, 0.29) is 11.9 Å². The summed E-state index contributed by atoms with van der Waals surface area (Å²) in [5.41, 5.74) is 6.21. The average molecular weight is 595 g/mol. The molecule has 2 aliphatic carbocycles. The Morgan fingerprint density at radius 1 is 1.29 bits per heavy atom. The fraction of sp³-hybridized carbons (Fsp3) is 0.645. The van der Waals surface area contributed by atoms with E-state index < -0.39 is 8.07 Å². The van der Waals surface area contributed by atoms with E-state index in [1.54, 1.807) is 12.0 Å². The number of H-pyrrole nitrogens is 1. The average Bonchev–Trinajstić information content (AvgIpc) is 3.28. The number of aromatic nitrogens is 4. The van der Waals surface area contributed by atoms with Crippen molar-refractivity contribution in [1.29, 1.82) is 0 Å². The minimum Gasteiger partial charge on any atom is -0.494 e. The molecule has 10 nitrogen and oxygen atoms in total. The number of imidazole rings is 1. The maximum Gasteiger partial charge on any atom is 0.243 e. The summed E-state index contributed by atoms with van der Waals surface area (Å²) >= 11 is 0. The Bertz CT molecular complexity index is 1470. The zero-order valence-electron chi connectivity index (χ0n) is 26.2. The van der Waals surface area contributed by atoms with Crippen LogP contribution in [0.2, 0.25) is 25.7 Å².